The summed E-state index contributed by atoms with van der Waals surface area (Å²) in [6, 6.07) is 0.868. The van der Waals surface area contributed by atoms with Crippen molar-refractivity contribution in [1.29, 1.82) is 0 Å². The maximum atomic E-state index is 11.5. The molecule has 24 heavy (non-hydrogen) atoms. The fourth-order valence-electron chi connectivity index (χ4n) is 3.68. The van der Waals surface area contributed by atoms with Crippen LogP contribution in [0, 0.1) is 5.92 Å². The maximum absolute atomic E-state index is 11.5. The van der Waals surface area contributed by atoms with Gasteiger partial charge in [-0.25, -0.2) is 13.1 Å². The molecule has 0 unspecified atom stereocenters. The second kappa shape index (κ2) is 7.82. The molecule has 2 aliphatic rings. The molecule has 0 amide bonds. The van der Waals surface area contributed by atoms with Gasteiger partial charge in [-0.1, -0.05) is 18.0 Å². The van der Waals surface area contributed by atoms with Gasteiger partial charge in [0.25, 0.3) is 0 Å². The Morgan fingerprint density at radius 1 is 1.12 bits per heavy atom. The predicted octanol–water partition coefficient (Wildman–Crippen LogP) is 2.64. The molecule has 2 N–H and O–H groups in total. The van der Waals surface area contributed by atoms with Crippen molar-refractivity contribution < 1.29 is 12.9 Å². The molecule has 1 aromatic heterocycles. The van der Waals surface area contributed by atoms with Crippen LogP contribution in [0.25, 0.3) is 0 Å². The van der Waals surface area contributed by atoms with Crippen LogP contribution in [0.15, 0.2) is 4.52 Å². The summed E-state index contributed by atoms with van der Waals surface area (Å²) >= 11 is 0. The highest BCUT2D eigenvalue weighted by molar-refractivity contribution is 7.89. The molecule has 0 saturated heterocycles. The van der Waals surface area contributed by atoms with E-state index in [1.807, 2.05) is 0 Å². The van der Waals surface area contributed by atoms with Crippen LogP contribution in [0.1, 0.15) is 70.0 Å². The van der Waals surface area contributed by atoms with Gasteiger partial charge in [-0.05, 0) is 51.4 Å². The standard InChI is InChI=1S/C16H28N4O3S/c1-2-24(21,22)17-11-12-7-9-14(10-8-12)18-16-19-15(20-23-16)13-5-3-4-6-13/h12-14,17H,2-11H2,1H3,(H,18,19,20). The summed E-state index contributed by atoms with van der Waals surface area (Å²) in [6.07, 6.45) is 8.86. The summed E-state index contributed by atoms with van der Waals surface area (Å²) in [5.74, 6) is 1.87. The Morgan fingerprint density at radius 3 is 2.50 bits per heavy atom. The van der Waals surface area contributed by atoms with Gasteiger partial charge in [-0.3, -0.25) is 0 Å². The Morgan fingerprint density at radius 2 is 1.83 bits per heavy atom. The number of nitrogens with one attached hydrogen (secondary N) is 2. The topological polar surface area (TPSA) is 97.1 Å². The fraction of sp³-hybridized carbons (Fsp3) is 0.875. The van der Waals surface area contributed by atoms with Gasteiger partial charge in [-0.15, -0.1) is 0 Å². The molecule has 0 aromatic carbocycles. The van der Waals surface area contributed by atoms with Crippen LogP contribution >= 0.6 is 0 Å². The molecule has 136 valence electrons. The van der Waals surface area contributed by atoms with Gasteiger partial charge >= 0.3 is 6.01 Å². The number of nitrogens with zero attached hydrogens (tertiary/aromatic N) is 2. The molecule has 2 saturated carbocycles. The minimum absolute atomic E-state index is 0.143. The van der Waals surface area contributed by atoms with Crippen molar-refractivity contribution in [2.24, 2.45) is 5.92 Å². The summed E-state index contributed by atoms with van der Waals surface area (Å²) in [7, 11) is -3.09. The van der Waals surface area contributed by atoms with Crippen LogP contribution in [-0.4, -0.2) is 36.9 Å². The third-order valence-corrected chi connectivity index (χ3v) is 6.67. The highest BCUT2D eigenvalue weighted by Crippen LogP contribution is 2.33. The minimum atomic E-state index is -3.09. The van der Waals surface area contributed by atoms with Gasteiger partial charge in [0.05, 0.1) is 5.75 Å². The third-order valence-electron chi connectivity index (χ3n) is 5.31. The van der Waals surface area contributed by atoms with E-state index in [0.717, 1.165) is 44.3 Å². The van der Waals surface area contributed by atoms with E-state index < -0.39 is 10.0 Å². The smallest absolute Gasteiger partial charge is 0.321 e. The minimum Gasteiger partial charge on any atom is -0.335 e. The van der Waals surface area contributed by atoms with E-state index in [2.05, 4.69) is 20.2 Å². The first kappa shape index (κ1) is 17.7. The van der Waals surface area contributed by atoms with Gasteiger partial charge < -0.3 is 9.84 Å². The number of hydrogen-bond donors (Lipinski definition) is 2. The van der Waals surface area contributed by atoms with Gasteiger partial charge in [0.1, 0.15) is 0 Å². The normalized spacial score (nSPS) is 25.9. The monoisotopic (exact) mass is 356 g/mol. The van der Waals surface area contributed by atoms with Crippen molar-refractivity contribution >= 4 is 16.0 Å². The number of rotatable bonds is 7. The third kappa shape index (κ3) is 4.69. The van der Waals surface area contributed by atoms with E-state index in [1.165, 1.54) is 12.8 Å². The molecule has 1 aromatic rings. The highest BCUT2D eigenvalue weighted by atomic mass is 32.2. The van der Waals surface area contributed by atoms with Crippen LogP contribution in [0.3, 0.4) is 0 Å². The van der Waals surface area contributed by atoms with Crippen molar-refractivity contribution in [3.63, 3.8) is 0 Å². The van der Waals surface area contributed by atoms with E-state index in [9.17, 15) is 8.42 Å². The van der Waals surface area contributed by atoms with Crippen molar-refractivity contribution in [2.45, 2.75) is 70.3 Å². The lowest BCUT2D eigenvalue weighted by Crippen LogP contribution is -2.34. The molecule has 0 bridgehead atoms. The second-order valence-electron chi connectivity index (χ2n) is 7.05. The molecular formula is C16H28N4O3S. The summed E-state index contributed by atoms with van der Waals surface area (Å²) in [5.41, 5.74) is 0. The first-order valence-corrected chi connectivity index (χ1v) is 10.8. The Labute approximate surface area is 144 Å². The van der Waals surface area contributed by atoms with Crippen molar-refractivity contribution in [3.05, 3.63) is 5.82 Å². The van der Waals surface area contributed by atoms with Gasteiger partial charge in [0.15, 0.2) is 5.82 Å². The fourth-order valence-corrected chi connectivity index (χ4v) is 4.37. The predicted molar refractivity (Wildman–Crippen MR) is 92.3 cm³/mol. The van der Waals surface area contributed by atoms with Gasteiger partial charge in [0, 0.05) is 18.5 Å². The average Bonchev–Trinajstić information content (AvgIpc) is 3.25. The summed E-state index contributed by atoms with van der Waals surface area (Å²) in [6.45, 7) is 2.21. The molecule has 0 atom stereocenters. The van der Waals surface area contributed by atoms with Crippen LogP contribution in [0.2, 0.25) is 0 Å². The Bertz CT molecular complexity index is 617. The number of hydrogen-bond acceptors (Lipinski definition) is 6. The Hall–Kier alpha value is -1.15. The summed E-state index contributed by atoms with van der Waals surface area (Å²) in [5, 5.41) is 7.47. The Kier molecular flexibility index (Phi) is 5.76. The molecule has 8 heteroatoms. The molecule has 2 fully saturated rings. The zero-order valence-electron chi connectivity index (χ0n) is 14.3. The maximum Gasteiger partial charge on any atom is 0.321 e. The molecule has 7 nitrogen and oxygen atoms in total. The van der Waals surface area contributed by atoms with E-state index in [-0.39, 0.29) is 5.75 Å². The summed E-state index contributed by atoms with van der Waals surface area (Å²) < 4.78 is 31.1. The molecular weight excluding hydrogens is 328 g/mol. The second-order valence-corrected chi connectivity index (χ2v) is 9.15. The Balaban J connectivity index is 1.42. The number of anilines is 1. The lowest BCUT2D eigenvalue weighted by atomic mass is 9.86. The zero-order valence-corrected chi connectivity index (χ0v) is 15.1. The quantitative estimate of drug-likeness (QED) is 0.779. The van der Waals surface area contributed by atoms with E-state index in [1.54, 1.807) is 6.92 Å². The van der Waals surface area contributed by atoms with Crippen LogP contribution in [-0.2, 0) is 10.0 Å². The molecule has 3 rings (SSSR count). The average molecular weight is 356 g/mol. The van der Waals surface area contributed by atoms with E-state index in [0.29, 0.717) is 30.4 Å². The van der Waals surface area contributed by atoms with E-state index in [4.69, 9.17) is 4.52 Å². The summed E-state index contributed by atoms with van der Waals surface area (Å²) in [4.78, 5) is 4.50. The van der Waals surface area contributed by atoms with E-state index >= 15 is 0 Å². The number of aromatic nitrogens is 2. The lowest BCUT2D eigenvalue weighted by Gasteiger charge is -2.28. The first-order valence-electron chi connectivity index (χ1n) is 9.13. The van der Waals surface area contributed by atoms with Gasteiger partial charge in [-0.2, -0.15) is 4.98 Å². The molecule has 0 spiro atoms. The lowest BCUT2D eigenvalue weighted by molar-refractivity contribution is 0.329. The number of sulfonamides is 1. The molecule has 0 aliphatic heterocycles. The van der Waals surface area contributed by atoms with Crippen molar-refractivity contribution in [3.8, 4) is 0 Å². The van der Waals surface area contributed by atoms with Gasteiger partial charge in [0.2, 0.25) is 10.0 Å². The largest absolute Gasteiger partial charge is 0.335 e. The van der Waals surface area contributed by atoms with Crippen LogP contribution in [0.4, 0.5) is 6.01 Å². The van der Waals surface area contributed by atoms with Crippen LogP contribution in [0.5, 0.6) is 0 Å². The SMILES string of the molecule is CCS(=O)(=O)NCC1CCC(Nc2nc(C3CCCC3)no2)CC1. The van der Waals surface area contributed by atoms with Crippen LogP contribution < -0.4 is 10.0 Å². The first-order chi connectivity index (χ1) is 11.6. The highest BCUT2D eigenvalue weighted by Gasteiger charge is 2.25. The molecule has 2 aliphatic carbocycles. The molecule has 0 radical (unpaired) electrons. The van der Waals surface area contributed by atoms with Crippen molar-refractivity contribution in [1.82, 2.24) is 14.9 Å². The zero-order chi connectivity index (χ0) is 17.0. The molecule has 1 heterocycles. The van der Waals surface area contributed by atoms with Crippen molar-refractivity contribution in [2.75, 3.05) is 17.6 Å².